The fraction of sp³-hybridized carbons (Fsp3) is 0.500. The van der Waals surface area contributed by atoms with Crippen molar-refractivity contribution in [2.75, 3.05) is 11.9 Å². The highest BCUT2D eigenvalue weighted by Crippen LogP contribution is 2.23. The number of hydrogen-bond acceptors (Lipinski definition) is 6. The highest BCUT2D eigenvalue weighted by atomic mass is 16.6. The number of nitrogens with zero attached hydrogens (tertiary/aromatic N) is 4. The smallest absolute Gasteiger partial charge is 0.298 e. The summed E-state index contributed by atoms with van der Waals surface area (Å²) < 4.78 is 0. The lowest BCUT2D eigenvalue weighted by molar-refractivity contribution is -0.385. The summed E-state index contributed by atoms with van der Waals surface area (Å²) in [6, 6.07) is 3.04. The average molecular weight is 281 g/mol. The summed E-state index contributed by atoms with van der Waals surface area (Å²) >= 11 is 0. The number of pyridine rings is 1. The van der Waals surface area contributed by atoms with E-state index in [2.05, 4.69) is 24.0 Å². The largest absolute Gasteiger partial charge is 0.409 e. The van der Waals surface area contributed by atoms with Crippen LogP contribution in [0.25, 0.3) is 0 Å². The van der Waals surface area contributed by atoms with Gasteiger partial charge >= 0.3 is 0 Å². The van der Waals surface area contributed by atoms with E-state index in [0.717, 1.165) is 0 Å². The van der Waals surface area contributed by atoms with Crippen LogP contribution in [0.15, 0.2) is 17.3 Å². The second-order valence-corrected chi connectivity index (χ2v) is 4.88. The van der Waals surface area contributed by atoms with Crippen LogP contribution in [0.2, 0.25) is 0 Å². The summed E-state index contributed by atoms with van der Waals surface area (Å²) in [5.41, 5.74) is 5.01. The van der Waals surface area contributed by atoms with Crippen LogP contribution in [0, 0.1) is 16.0 Å². The molecule has 1 aromatic heterocycles. The zero-order valence-electron chi connectivity index (χ0n) is 11.9. The molecule has 1 heterocycles. The Labute approximate surface area is 117 Å². The fourth-order valence-electron chi connectivity index (χ4n) is 1.68. The maximum Gasteiger partial charge on any atom is 0.298 e. The van der Waals surface area contributed by atoms with E-state index in [4.69, 9.17) is 10.9 Å². The van der Waals surface area contributed by atoms with Gasteiger partial charge in [0, 0.05) is 19.2 Å². The molecule has 0 saturated heterocycles. The summed E-state index contributed by atoms with van der Waals surface area (Å²) in [6.07, 6.45) is 0. The van der Waals surface area contributed by atoms with E-state index in [1.807, 2.05) is 18.9 Å². The minimum atomic E-state index is -0.615. The van der Waals surface area contributed by atoms with Crippen molar-refractivity contribution < 1.29 is 10.1 Å². The molecule has 0 aliphatic carbocycles. The van der Waals surface area contributed by atoms with E-state index in [1.165, 1.54) is 6.07 Å². The van der Waals surface area contributed by atoms with Crippen LogP contribution in [0.3, 0.4) is 0 Å². The van der Waals surface area contributed by atoms with E-state index in [1.54, 1.807) is 6.07 Å². The molecule has 0 radical (unpaired) electrons. The molecule has 20 heavy (non-hydrogen) atoms. The van der Waals surface area contributed by atoms with Gasteiger partial charge in [-0.15, -0.1) is 0 Å². The first kappa shape index (κ1) is 15.7. The van der Waals surface area contributed by atoms with Crippen molar-refractivity contribution in [1.82, 2.24) is 4.98 Å². The zero-order valence-corrected chi connectivity index (χ0v) is 11.9. The Bertz CT molecular complexity index is 530. The predicted molar refractivity (Wildman–Crippen MR) is 76.1 cm³/mol. The highest BCUT2D eigenvalue weighted by Gasteiger charge is 2.22. The van der Waals surface area contributed by atoms with Gasteiger partial charge in [0.1, 0.15) is 5.82 Å². The maximum absolute atomic E-state index is 10.9. The Morgan fingerprint density at radius 1 is 1.50 bits per heavy atom. The van der Waals surface area contributed by atoms with E-state index in [-0.39, 0.29) is 23.3 Å². The van der Waals surface area contributed by atoms with Gasteiger partial charge in [0.2, 0.25) is 0 Å². The average Bonchev–Trinajstić information content (AvgIpc) is 2.43. The van der Waals surface area contributed by atoms with Gasteiger partial charge in [-0.25, -0.2) is 4.98 Å². The molecule has 0 bridgehead atoms. The van der Waals surface area contributed by atoms with Crippen molar-refractivity contribution >= 4 is 17.3 Å². The van der Waals surface area contributed by atoms with E-state index >= 15 is 0 Å². The van der Waals surface area contributed by atoms with Crippen molar-refractivity contribution in [1.29, 1.82) is 0 Å². The number of amidine groups is 1. The Balaban J connectivity index is 3.29. The normalized spacial score (nSPS) is 13.3. The summed E-state index contributed by atoms with van der Waals surface area (Å²) in [5.74, 6) is 0.520. The molecule has 1 atom stereocenters. The molecule has 0 aliphatic heterocycles. The Morgan fingerprint density at radius 3 is 2.55 bits per heavy atom. The Morgan fingerprint density at radius 2 is 2.10 bits per heavy atom. The van der Waals surface area contributed by atoms with Crippen molar-refractivity contribution in [2.45, 2.75) is 26.8 Å². The predicted octanol–water partition coefficient (Wildman–Crippen LogP) is 1.56. The van der Waals surface area contributed by atoms with Gasteiger partial charge in [-0.2, -0.15) is 0 Å². The Hall–Kier alpha value is -2.38. The summed E-state index contributed by atoms with van der Waals surface area (Å²) in [5, 5.41) is 22.4. The number of nitro groups is 1. The van der Waals surface area contributed by atoms with Crippen molar-refractivity contribution in [3.8, 4) is 0 Å². The van der Waals surface area contributed by atoms with Gasteiger partial charge in [-0.05, 0) is 18.9 Å². The first-order valence-corrected chi connectivity index (χ1v) is 6.15. The standard InChI is InChI=1S/C12H19N5O3/c1-7(2)8(3)16(4)10-6-5-9(17(19)20)11(14-10)12(13)15-18/h5-8,18H,1-4H3,(H2,13,15). The molecule has 1 rings (SSSR count). The number of aromatic nitrogens is 1. The molecule has 8 nitrogen and oxygen atoms in total. The molecule has 110 valence electrons. The second-order valence-electron chi connectivity index (χ2n) is 4.88. The topological polar surface area (TPSA) is 118 Å². The number of anilines is 1. The third-order valence-corrected chi connectivity index (χ3v) is 3.34. The summed E-state index contributed by atoms with van der Waals surface area (Å²) in [6.45, 7) is 6.16. The van der Waals surface area contributed by atoms with Crippen molar-refractivity contribution in [3.05, 3.63) is 27.9 Å². The highest BCUT2D eigenvalue weighted by molar-refractivity contribution is 5.99. The molecule has 0 spiro atoms. The SMILES string of the molecule is CC(C)C(C)N(C)c1ccc([N+](=O)[O-])c(/C(N)=N/O)n1. The van der Waals surface area contributed by atoms with Crippen molar-refractivity contribution in [2.24, 2.45) is 16.8 Å². The molecule has 0 aliphatic rings. The van der Waals surface area contributed by atoms with Gasteiger partial charge in [0.15, 0.2) is 11.5 Å². The quantitative estimate of drug-likeness (QED) is 0.278. The van der Waals surface area contributed by atoms with Gasteiger partial charge < -0.3 is 15.8 Å². The number of rotatable bonds is 5. The van der Waals surface area contributed by atoms with Crippen LogP contribution in [0.1, 0.15) is 26.5 Å². The maximum atomic E-state index is 10.9. The zero-order chi connectivity index (χ0) is 15.4. The molecule has 8 heteroatoms. The lowest BCUT2D eigenvalue weighted by Gasteiger charge is -2.29. The van der Waals surface area contributed by atoms with Crippen LogP contribution < -0.4 is 10.6 Å². The number of oxime groups is 1. The number of hydrogen-bond donors (Lipinski definition) is 2. The second kappa shape index (κ2) is 6.18. The molecule has 0 aromatic carbocycles. The molecule has 0 fully saturated rings. The molecule has 0 saturated carbocycles. The minimum Gasteiger partial charge on any atom is -0.409 e. The summed E-state index contributed by atoms with van der Waals surface area (Å²) in [7, 11) is 1.84. The molecule has 1 aromatic rings. The first-order chi connectivity index (χ1) is 9.29. The Kier molecular flexibility index (Phi) is 4.84. The molecule has 0 amide bonds. The number of nitrogens with two attached hydrogens (primary N) is 1. The summed E-state index contributed by atoms with van der Waals surface area (Å²) in [4.78, 5) is 16.3. The minimum absolute atomic E-state index is 0.141. The molecular formula is C12H19N5O3. The molecular weight excluding hydrogens is 262 g/mol. The van der Waals surface area contributed by atoms with Crippen LogP contribution in [0.5, 0.6) is 0 Å². The van der Waals surface area contributed by atoms with Crippen LogP contribution in [-0.4, -0.2) is 34.0 Å². The van der Waals surface area contributed by atoms with E-state index < -0.39 is 4.92 Å². The van der Waals surface area contributed by atoms with Gasteiger partial charge in [0.05, 0.1) is 4.92 Å². The lowest BCUT2D eigenvalue weighted by Crippen LogP contribution is -2.34. The first-order valence-electron chi connectivity index (χ1n) is 6.15. The van der Waals surface area contributed by atoms with Gasteiger partial charge in [0.25, 0.3) is 5.69 Å². The molecule has 3 N–H and O–H groups in total. The van der Waals surface area contributed by atoms with Gasteiger partial charge in [-0.3, -0.25) is 10.1 Å². The monoisotopic (exact) mass is 281 g/mol. The van der Waals surface area contributed by atoms with E-state index in [9.17, 15) is 10.1 Å². The van der Waals surface area contributed by atoms with E-state index in [0.29, 0.717) is 11.7 Å². The van der Waals surface area contributed by atoms with Crippen LogP contribution in [0.4, 0.5) is 11.5 Å². The van der Waals surface area contributed by atoms with Crippen LogP contribution in [-0.2, 0) is 0 Å². The van der Waals surface area contributed by atoms with Gasteiger partial charge in [-0.1, -0.05) is 19.0 Å². The third kappa shape index (κ3) is 3.14. The van der Waals surface area contributed by atoms with Crippen LogP contribution >= 0.6 is 0 Å². The third-order valence-electron chi connectivity index (χ3n) is 3.34. The fourth-order valence-corrected chi connectivity index (χ4v) is 1.68. The molecule has 1 unspecified atom stereocenters. The lowest BCUT2D eigenvalue weighted by atomic mass is 10.1. The van der Waals surface area contributed by atoms with Crippen molar-refractivity contribution in [3.63, 3.8) is 0 Å².